The minimum atomic E-state index is -0.609. The van der Waals surface area contributed by atoms with Crippen LogP contribution in [-0.2, 0) is 0 Å². The summed E-state index contributed by atoms with van der Waals surface area (Å²) in [5, 5.41) is 10.6. The van der Waals surface area contributed by atoms with Crippen LogP contribution >= 0.6 is 15.9 Å². The molecule has 0 aromatic heterocycles. The SMILES string of the molecule is Cc1ccc(C(O)C(CN)c2ccccc2)c(Br)c1. The predicted molar refractivity (Wildman–Crippen MR) is 82.1 cm³/mol. The fraction of sp³-hybridized carbons (Fsp3) is 0.250. The summed E-state index contributed by atoms with van der Waals surface area (Å²) in [4.78, 5) is 0. The summed E-state index contributed by atoms with van der Waals surface area (Å²) < 4.78 is 0.925. The number of benzene rings is 2. The van der Waals surface area contributed by atoms with Gasteiger partial charge in [0.1, 0.15) is 0 Å². The van der Waals surface area contributed by atoms with Crippen LogP contribution in [0.1, 0.15) is 28.7 Å². The lowest BCUT2D eigenvalue weighted by atomic mass is 9.89. The highest BCUT2D eigenvalue weighted by Gasteiger charge is 2.23. The fourth-order valence-electron chi connectivity index (χ4n) is 2.24. The second-order valence-electron chi connectivity index (χ2n) is 4.72. The standard InChI is InChI=1S/C16H18BrNO/c1-11-7-8-13(15(17)9-11)16(19)14(10-18)12-5-3-2-4-6-12/h2-9,14,16,19H,10,18H2,1H3. The van der Waals surface area contributed by atoms with Gasteiger partial charge < -0.3 is 10.8 Å². The molecule has 0 spiro atoms. The van der Waals surface area contributed by atoms with E-state index in [-0.39, 0.29) is 5.92 Å². The number of aryl methyl sites for hydroxylation is 1. The van der Waals surface area contributed by atoms with Gasteiger partial charge in [0, 0.05) is 16.9 Å². The zero-order valence-corrected chi connectivity index (χ0v) is 12.5. The van der Waals surface area contributed by atoms with Crippen LogP contribution < -0.4 is 5.73 Å². The smallest absolute Gasteiger partial charge is 0.0881 e. The molecule has 3 heteroatoms. The van der Waals surface area contributed by atoms with Crippen LogP contribution in [0.5, 0.6) is 0 Å². The third-order valence-corrected chi connectivity index (χ3v) is 4.02. The molecule has 2 rings (SSSR count). The first-order valence-electron chi connectivity index (χ1n) is 6.32. The van der Waals surface area contributed by atoms with Crippen molar-refractivity contribution in [3.8, 4) is 0 Å². The fourth-order valence-corrected chi connectivity index (χ4v) is 2.96. The molecule has 0 fully saturated rings. The Kier molecular flexibility index (Phi) is 4.75. The van der Waals surface area contributed by atoms with Gasteiger partial charge in [-0.15, -0.1) is 0 Å². The largest absolute Gasteiger partial charge is 0.388 e. The van der Waals surface area contributed by atoms with Crippen molar-refractivity contribution >= 4 is 15.9 Å². The molecule has 2 aromatic rings. The summed E-state index contributed by atoms with van der Waals surface area (Å²) in [6.07, 6.45) is -0.609. The molecule has 0 aliphatic rings. The Morgan fingerprint density at radius 3 is 2.42 bits per heavy atom. The first-order valence-corrected chi connectivity index (χ1v) is 7.12. The van der Waals surface area contributed by atoms with Crippen molar-refractivity contribution in [3.05, 3.63) is 69.7 Å². The molecule has 0 heterocycles. The maximum absolute atomic E-state index is 10.6. The topological polar surface area (TPSA) is 46.2 Å². The average Bonchev–Trinajstić information content (AvgIpc) is 2.40. The monoisotopic (exact) mass is 319 g/mol. The molecule has 0 aliphatic heterocycles. The Morgan fingerprint density at radius 2 is 1.84 bits per heavy atom. The van der Waals surface area contributed by atoms with Crippen molar-refractivity contribution in [3.63, 3.8) is 0 Å². The van der Waals surface area contributed by atoms with E-state index >= 15 is 0 Å². The minimum Gasteiger partial charge on any atom is -0.388 e. The second-order valence-corrected chi connectivity index (χ2v) is 5.58. The quantitative estimate of drug-likeness (QED) is 0.905. The Morgan fingerprint density at radius 1 is 1.16 bits per heavy atom. The Labute approximate surface area is 122 Å². The predicted octanol–water partition coefficient (Wildman–Crippen LogP) is 3.53. The highest BCUT2D eigenvalue weighted by Crippen LogP contribution is 2.34. The lowest BCUT2D eigenvalue weighted by molar-refractivity contribution is 0.146. The van der Waals surface area contributed by atoms with Gasteiger partial charge in [-0.1, -0.05) is 58.4 Å². The lowest BCUT2D eigenvalue weighted by Crippen LogP contribution is -2.20. The van der Waals surface area contributed by atoms with Crippen LogP contribution in [0.3, 0.4) is 0 Å². The number of halogens is 1. The first kappa shape index (κ1) is 14.3. The van der Waals surface area contributed by atoms with E-state index in [0.29, 0.717) is 6.54 Å². The van der Waals surface area contributed by atoms with E-state index in [1.807, 2.05) is 55.5 Å². The Bertz CT molecular complexity index is 542. The van der Waals surface area contributed by atoms with E-state index in [1.54, 1.807) is 0 Å². The van der Waals surface area contributed by atoms with Crippen LogP contribution in [0, 0.1) is 6.92 Å². The van der Waals surface area contributed by atoms with Crippen molar-refractivity contribution in [2.24, 2.45) is 5.73 Å². The molecule has 2 atom stereocenters. The summed E-state index contributed by atoms with van der Waals surface area (Å²) in [6.45, 7) is 2.43. The van der Waals surface area contributed by atoms with Crippen molar-refractivity contribution < 1.29 is 5.11 Å². The van der Waals surface area contributed by atoms with Gasteiger partial charge in [-0.3, -0.25) is 0 Å². The Balaban J connectivity index is 2.33. The first-order chi connectivity index (χ1) is 9.13. The van der Waals surface area contributed by atoms with Crippen molar-refractivity contribution in [1.29, 1.82) is 0 Å². The molecule has 100 valence electrons. The van der Waals surface area contributed by atoms with Gasteiger partial charge in [0.2, 0.25) is 0 Å². The molecule has 0 bridgehead atoms. The third-order valence-electron chi connectivity index (χ3n) is 3.34. The number of nitrogens with two attached hydrogens (primary N) is 1. The Hall–Kier alpha value is -1.16. The van der Waals surface area contributed by atoms with E-state index < -0.39 is 6.10 Å². The van der Waals surface area contributed by atoms with Gasteiger partial charge in [0.15, 0.2) is 0 Å². The van der Waals surface area contributed by atoms with E-state index in [1.165, 1.54) is 0 Å². The molecular weight excluding hydrogens is 302 g/mol. The summed E-state index contributed by atoms with van der Waals surface area (Å²) in [5.41, 5.74) is 8.95. The molecular formula is C16H18BrNO. The molecule has 19 heavy (non-hydrogen) atoms. The highest BCUT2D eigenvalue weighted by molar-refractivity contribution is 9.10. The molecule has 2 aromatic carbocycles. The van der Waals surface area contributed by atoms with E-state index in [9.17, 15) is 5.11 Å². The maximum Gasteiger partial charge on any atom is 0.0881 e. The molecule has 0 saturated heterocycles. The van der Waals surface area contributed by atoms with E-state index in [2.05, 4.69) is 15.9 Å². The number of aliphatic hydroxyl groups is 1. The van der Waals surface area contributed by atoms with E-state index in [4.69, 9.17) is 5.73 Å². The zero-order chi connectivity index (χ0) is 13.8. The normalized spacial score (nSPS) is 14.1. The van der Waals surface area contributed by atoms with Crippen LogP contribution in [0.4, 0.5) is 0 Å². The van der Waals surface area contributed by atoms with Gasteiger partial charge in [-0.2, -0.15) is 0 Å². The second kappa shape index (κ2) is 6.33. The van der Waals surface area contributed by atoms with Gasteiger partial charge >= 0.3 is 0 Å². The van der Waals surface area contributed by atoms with E-state index in [0.717, 1.165) is 21.2 Å². The minimum absolute atomic E-state index is 0.0970. The average molecular weight is 320 g/mol. The number of hydrogen-bond acceptors (Lipinski definition) is 2. The molecule has 2 unspecified atom stereocenters. The van der Waals surface area contributed by atoms with Crippen molar-refractivity contribution in [2.45, 2.75) is 18.9 Å². The summed E-state index contributed by atoms with van der Waals surface area (Å²) in [5.74, 6) is -0.0970. The number of rotatable bonds is 4. The summed E-state index contributed by atoms with van der Waals surface area (Å²) in [7, 11) is 0. The lowest BCUT2D eigenvalue weighted by Gasteiger charge is -2.23. The number of hydrogen-bond donors (Lipinski definition) is 2. The zero-order valence-electron chi connectivity index (χ0n) is 10.9. The van der Waals surface area contributed by atoms with Crippen LogP contribution in [0.25, 0.3) is 0 Å². The van der Waals surface area contributed by atoms with Crippen LogP contribution in [-0.4, -0.2) is 11.7 Å². The third kappa shape index (κ3) is 3.24. The molecule has 2 nitrogen and oxygen atoms in total. The molecule has 0 aliphatic carbocycles. The van der Waals surface area contributed by atoms with Gasteiger partial charge in [0.05, 0.1) is 6.10 Å². The summed E-state index contributed by atoms with van der Waals surface area (Å²) >= 11 is 3.52. The highest BCUT2D eigenvalue weighted by atomic mass is 79.9. The van der Waals surface area contributed by atoms with Crippen molar-refractivity contribution in [2.75, 3.05) is 6.54 Å². The molecule has 3 N–H and O–H groups in total. The maximum atomic E-state index is 10.6. The summed E-state index contributed by atoms with van der Waals surface area (Å²) in [6, 6.07) is 15.9. The molecule has 0 saturated carbocycles. The van der Waals surface area contributed by atoms with Crippen LogP contribution in [0.2, 0.25) is 0 Å². The van der Waals surface area contributed by atoms with Gasteiger partial charge in [-0.25, -0.2) is 0 Å². The molecule has 0 amide bonds. The van der Waals surface area contributed by atoms with Gasteiger partial charge in [0.25, 0.3) is 0 Å². The molecule has 0 radical (unpaired) electrons. The number of aliphatic hydroxyl groups excluding tert-OH is 1. The van der Waals surface area contributed by atoms with Crippen LogP contribution in [0.15, 0.2) is 53.0 Å². The van der Waals surface area contributed by atoms with Crippen molar-refractivity contribution in [1.82, 2.24) is 0 Å². The van der Waals surface area contributed by atoms with Gasteiger partial charge in [-0.05, 0) is 29.7 Å².